The van der Waals surface area contributed by atoms with E-state index in [1.165, 1.54) is 6.92 Å². The zero-order valence-electron chi connectivity index (χ0n) is 15.1. The second-order valence-corrected chi connectivity index (χ2v) is 6.87. The summed E-state index contributed by atoms with van der Waals surface area (Å²) in [5.74, 6) is -0.177. The summed E-state index contributed by atoms with van der Waals surface area (Å²) in [6.45, 7) is 2.04. The first-order chi connectivity index (χ1) is 13.3. The minimum absolute atomic E-state index is 0.129. The van der Waals surface area contributed by atoms with Crippen LogP contribution >= 0.6 is 0 Å². The molecule has 0 radical (unpaired) electrons. The van der Waals surface area contributed by atoms with Crippen molar-refractivity contribution in [2.24, 2.45) is 0 Å². The minimum Gasteiger partial charge on any atom is -0.330 e. The van der Waals surface area contributed by atoms with Crippen LogP contribution in [-0.2, 0) is 6.18 Å². The molecule has 0 N–H and O–H groups in total. The number of carbonyl (C=O) groups is 1. The number of carbonyl (C=O) groups excluding carboxylic acids is 1. The predicted octanol–water partition coefficient (Wildman–Crippen LogP) is 3.82. The first-order valence-corrected chi connectivity index (χ1v) is 9.00. The Labute approximate surface area is 159 Å². The zero-order valence-corrected chi connectivity index (χ0v) is 15.1. The lowest BCUT2D eigenvalue weighted by Gasteiger charge is -2.34. The monoisotopic (exact) mass is 389 g/mol. The molecule has 0 bridgehead atoms. The Morgan fingerprint density at radius 3 is 2.64 bits per heavy atom. The minimum atomic E-state index is -4.55. The van der Waals surface area contributed by atoms with Crippen LogP contribution < -0.4 is 0 Å². The third-order valence-electron chi connectivity index (χ3n) is 4.90. The second-order valence-electron chi connectivity index (χ2n) is 6.87. The van der Waals surface area contributed by atoms with Crippen molar-refractivity contribution >= 4 is 11.6 Å². The number of pyridine rings is 1. The van der Waals surface area contributed by atoms with Crippen molar-refractivity contribution < 1.29 is 18.0 Å². The van der Waals surface area contributed by atoms with Gasteiger partial charge in [0.25, 0.3) is 5.91 Å². The van der Waals surface area contributed by atoms with Crippen LogP contribution in [0.4, 0.5) is 13.2 Å². The van der Waals surface area contributed by atoms with Gasteiger partial charge in [-0.25, -0.2) is 9.50 Å². The van der Waals surface area contributed by atoms with E-state index in [1.54, 1.807) is 35.5 Å². The van der Waals surface area contributed by atoms with Crippen LogP contribution in [0.15, 0.2) is 36.7 Å². The highest BCUT2D eigenvalue weighted by molar-refractivity contribution is 5.94. The van der Waals surface area contributed by atoms with Crippen molar-refractivity contribution in [3.8, 4) is 0 Å². The number of fused-ring (bicyclic) bond motifs is 1. The molecule has 146 valence electrons. The van der Waals surface area contributed by atoms with E-state index in [0.717, 1.165) is 23.4 Å². The van der Waals surface area contributed by atoms with Crippen molar-refractivity contribution in [2.45, 2.75) is 38.4 Å². The third-order valence-corrected chi connectivity index (χ3v) is 4.90. The zero-order chi connectivity index (χ0) is 19.9. The maximum Gasteiger partial charge on any atom is 0.433 e. The molecule has 1 atom stereocenters. The normalized spacial score (nSPS) is 17.9. The first kappa shape index (κ1) is 18.4. The van der Waals surface area contributed by atoms with Gasteiger partial charge in [0.15, 0.2) is 5.65 Å². The molecule has 0 saturated carbocycles. The first-order valence-electron chi connectivity index (χ1n) is 9.00. The van der Waals surface area contributed by atoms with Crippen molar-refractivity contribution in [1.29, 1.82) is 0 Å². The SMILES string of the molecule is Cc1cc(C(F)(F)F)n2nc([C@H]3CCCCN3C(=O)c3ccncc3)cc2n1. The number of alkyl halides is 3. The molecule has 0 aliphatic carbocycles. The molecule has 0 unspecified atom stereocenters. The summed E-state index contributed by atoms with van der Waals surface area (Å²) in [7, 11) is 0. The van der Waals surface area contributed by atoms with Crippen LogP contribution in [0.5, 0.6) is 0 Å². The Hall–Kier alpha value is -2.97. The lowest BCUT2D eigenvalue weighted by atomic mass is 9.98. The van der Waals surface area contributed by atoms with Gasteiger partial charge in [-0.1, -0.05) is 0 Å². The van der Waals surface area contributed by atoms with E-state index >= 15 is 0 Å². The number of halogens is 3. The highest BCUT2D eigenvalue weighted by Crippen LogP contribution is 2.34. The van der Waals surface area contributed by atoms with E-state index < -0.39 is 17.9 Å². The van der Waals surface area contributed by atoms with Gasteiger partial charge >= 0.3 is 6.18 Å². The topological polar surface area (TPSA) is 63.4 Å². The number of rotatable bonds is 2. The molecule has 0 aromatic carbocycles. The van der Waals surface area contributed by atoms with Crippen LogP contribution in [0, 0.1) is 6.92 Å². The molecular weight excluding hydrogens is 371 g/mol. The highest BCUT2D eigenvalue weighted by atomic mass is 19.4. The van der Waals surface area contributed by atoms with Crippen LogP contribution in [0.1, 0.15) is 52.7 Å². The van der Waals surface area contributed by atoms with Gasteiger partial charge in [0.2, 0.25) is 0 Å². The number of piperidine rings is 1. The summed E-state index contributed by atoms with van der Waals surface area (Å²) in [5, 5.41) is 4.20. The molecule has 1 saturated heterocycles. The maximum absolute atomic E-state index is 13.4. The second kappa shape index (κ2) is 6.88. The van der Waals surface area contributed by atoms with E-state index in [1.807, 2.05) is 0 Å². The maximum atomic E-state index is 13.4. The summed E-state index contributed by atoms with van der Waals surface area (Å²) in [6.07, 6.45) is 0.886. The molecule has 4 heterocycles. The van der Waals surface area contributed by atoms with Crippen LogP contribution in [0.2, 0.25) is 0 Å². The number of hydrogen-bond acceptors (Lipinski definition) is 4. The smallest absolute Gasteiger partial charge is 0.330 e. The van der Waals surface area contributed by atoms with Crippen molar-refractivity contribution in [1.82, 2.24) is 24.5 Å². The van der Waals surface area contributed by atoms with E-state index in [9.17, 15) is 18.0 Å². The lowest BCUT2D eigenvalue weighted by molar-refractivity contribution is -0.142. The molecule has 3 aromatic heterocycles. The molecule has 6 nitrogen and oxygen atoms in total. The van der Waals surface area contributed by atoms with Crippen LogP contribution in [0.3, 0.4) is 0 Å². The molecular formula is C19H18F3N5O. The molecule has 1 aliphatic rings. The van der Waals surface area contributed by atoms with Gasteiger partial charge in [0.05, 0.1) is 11.7 Å². The summed E-state index contributed by atoms with van der Waals surface area (Å²) < 4.78 is 41.1. The largest absolute Gasteiger partial charge is 0.433 e. The van der Waals surface area contributed by atoms with E-state index in [-0.39, 0.29) is 17.2 Å². The Morgan fingerprint density at radius 1 is 1.18 bits per heavy atom. The van der Waals surface area contributed by atoms with Crippen molar-refractivity contribution in [3.05, 3.63) is 59.3 Å². The molecule has 28 heavy (non-hydrogen) atoms. The van der Waals surface area contributed by atoms with Gasteiger partial charge in [0.1, 0.15) is 5.69 Å². The van der Waals surface area contributed by atoms with Gasteiger partial charge in [0, 0.05) is 36.3 Å². The fourth-order valence-electron chi connectivity index (χ4n) is 3.63. The lowest BCUT2D eigenvalue weighted by Crippen LogP contribution is -2.38. The summed E-state index contributed by atoms with van der Waals surface area (Å²) in [6, 6.07) is 5.39. The Balaban J connectivity index is 1.76. The van der Waals surface area contributed by atoms with Crippen LogP contribution in [0.25, 0.3) is 5.65 Å². The summed E-state index contributed by atoms with van der Waals surface area (Å²) >= 11 is 0. The van der Waals surface area contributed by atoms with Crippen molar-refractivity contribution in [3.63, 3.8) is 0 Å². The average molecular weight is 389 g/mol. The number of aryl methyl sites for hydroxylation is 1. The van der Waals surface area contributed by atoms with Gasteiger partial charge in [-0.2, -0.15) is 18.3 Å². The standard InChI is InChI=1S/C19H18F3N5O/c1-12-10-16(19(20,21)22)27-17(24-12)11-14(25-27)15-4-2-3-9-26(15)18(28)13-5-7-23-8-6-13/h5-8,10-11,15H,2-4,9H2,1H3/t15-/m1/s1. The Kier molecular flexibility index (Phi) is 4.52. The Bertz CT molecular complexity index is 1020. The molecule has 1 fully saturated rings. The molecule has 9 heteroatoms. The number of hydrogen-bond donors (Lipinski definition) is 0. The average Bonchev–Trinajstić information content (AvgIpc) is 3.10. The van der Waals surface area contributed by atoms with Gasteiger partial charge in [-0.15, -0.1) is 0 Å². The Morgan fingerprint density at radius 2 is 1.93 bits per heavy atom. The van der Waals surface area contributed by atoms with E-state index in [2.05, 4.69) is 15.1 Å². The molecule has 4 rings (SSSR count). The number of aromatic nitrogens is 4. The molecule has 1 amide bonds. The number of amides is 1. The van der Waals surface area contributed by atoms with Gasteiger partial charge in [-0.05, 0) is 44.4 Å². The molecule has 3 aromatic rings. The fraction of sp³-hybridized carbons (Fsp3) is 0.368. The summed E-state index contributed by atoms with van der Waals surface area (Å²) in [4.78, 5) is 22.7. The van der Waals surface area contributed by atoms with Gasteiger partial charge in [-0.3, -0.25) is 9.78 Å². The van der Waals surface area contributed by atoms with Crippen LogP contribution in [-0.4, -0.2) is 36.9 Å². The number of nitrogens with zero attached hydrogens (tertiary/aromatic N) is 5. The molecule has 0 spiro atoms. The van der Waals surface area contributed by atoms with Crippen molar-refractivity contribution in [2.75, 3.05) is 6.54 Å². The fourth-order valence-corrected chi connectivity index (χ4v) is 3.63. The number of likely N-dealkylation sites (tertiary alicyclic amines) is 1. The van der Waals surface area contributed by atoms with E-state index in [4.69, 9.17) is 0 Å². The van der Waals surface area contributed by atoms with Gasteiger partial charge < -0.3 is 4.90 Å². The van der Waals surface area contributed by atoms with E-state index in [0.29, 0.717) is 24.2 Å². The quantitative estimate of drug-likeness (QED) is 0.669. The predicted molar refractivity (Wildman–Crippen MR) is 94.6 cm³/mol. The molecule has 1 aliphatic heterocycles. The highest BCUT2D eigenvalue weighted by Gasteiger charge is 2.36. The third kappa shape index (κ3) is 3.32. The summed E-state index contributed by atoms with van der Waals surface area (Å²) in [5.41, 5.74) is 0.439.